The van der Waals surface area contributed by atoms with Gasteiger partial charge in [-0.1, -0.05) is 23.7 Å². The number of carbonyl (C=O) groups excluding carboxylic acids is 1. The number of pyridine rings is 1. The van der Waals surface area contributed by atoms with Crippen molar-refractivity contribution in [1.29, 1.82) is 0 Å². The Bertz CT molecular complexity index is 838. The van der Waals surface area contributed by atoms with E-state index >= 15 is 0 Å². The highest BCUT2D eigenvalue weighted by atomic mass is 35.5. The van der Waals surface area contributed by atoms with Crippen molar-refractivity contribution in [3.05, 3.63) is 52.9 Å². The summed E-state index contributed by atoms with van der Waals surface area (Å²) in [6.45, 7) is 1.25. The van der Waals surface area contributed by atoms with Crippen molar-refractivity contribution < 1.29 is 22.4 Å². The van der Waals surface area contributed by atoms with Crippen LogP contribution in [0.4, 0.5) is 33.9 Å². The van der Waals surface area contributed by atoms with Crippen LogP contribution in [-0.4, -0.2) is 42.1 Å². The Morgan fingerprint density at radius 1 is 1.15 bits per heavy atom. The Kier molecular flexibility index (Phi) is 5.41. The van der Waals surface area contributed by atoms with E-state index < -0.39 is 23.6 Å². The average Bonchev–Trinajstić information content (AvgIpc) is 2.63. The Hall–Kier alpha value is -2.55. The zero-order valence-corrected chi connectivity index (χ0v) is 14.7. The highest BCUT2D eigenvalue weighted by molar-refractivity contribution is 6.33. The van der Waals surface area contributed by atoms with Crippen LogP contribution in [0.3, 0.4) is 0 Å². The van der Waals surface area contributed by atoms with Crippen LogP contribution in [0.15, 0.2) is 36.5 Å². The molecule has 2 heterocycles. The molecule has 1 aromatic heterocycles. The fourth-order valence-corrected chi connectivity index (χ4v) is 2.98. The molecule has 2 aromatic rings. The van der Waals surface area contributed by atoms with Gasteiger partial charge >= 0.3 is 12.2 Å². The van der Waals surface area contributed by atoms with Gasteiger partial charge in [0.2, 0.25) is 0 Å². The maximum atomic E-state index is 13.6. The van der Waals surface area contributed by atoms with Gasteiger partial charge in [-0.3, -0.25) is 0 Å². The molecule has 0 spiro atoms. The van der Waals surface area contributed by atoms with Gasteiger partial charge < -0.3 is 15.1 Å². The van der Waals surface area contributed by atoms with Gasteiger partial charge in [-0.25, -0.2) is 14.2 Å². The third-order valence-electron chi connectivity index (χ3n) is 4.13. The van der Waals surface area contributed by atoms with Crippen molar-refractivity contribution >= 4 is 29.1 Å². The molecule has 0 atom stereocenters. The van der Waals surface area contributed by atoms with E-state index in [9.17, 15) is 22.4 Å². The van der Waals surface area contributed by atoms with Crippen molar-refractivity contribution in [1.82, 2.24) is 9.88 Å². The third-order valence-corrected chi connectivity index (χ3v) is 4.41. The predicted octanol–water partition coefficient (Wildman–Crippen LogP) is 4.25. The van der Waals surface area contributed by atoms with Gasteiger partial charge in [0, 0.05) is 32.4 Å². The van der Waals surface area contributed by atoms with Gasteiger partial charge in [0.25, 0.3) is 0 Å². The SMILES string of the molecule is O=C(Nc1ccccc1F)N1CCN(c2ncc(C(F)(F)F)cc2Cl)CC1. The Balaban J connectivity index is 1.62. The second kappa shape index (κ2) is 7.59. The zero-order valence-electron chi connectivity index (χ0n) is 13.9. The van der Waals surface area contributed by atoms with Crippen molar-refractivity contribution in [3.63, 3.8) is 0 Å². The Labute approximate surface area is 157 Å². The average molecular weight is 403 g/mol. The summed E-state index contributed by atoms with van der Waals surface area (Å²) in [6.07, 6.45) is -3.78. The topological polar surface area (TPSA) is 48.5 Å². The minimum Gasteiger partial charge on any atom is -0.352 e. The summed E-state index contributed by atoms with van der Waals surface area (Å²) in [6, 6.07) is 6.20. The highest BCUT2D eigenvalue weighted by Crippen LogP contribution is 2.33. The molecule has 0 bridgehead atoms. The summed E-state index contributed by atoms with van der Waals surface area (Å²) in [4.78, 5) is 19.3. The van der Waals surface area contributed by atoms with Gasteiger partial charge in [0.1, 0.15) is 11.6 Å². The van der Waals surface area contributed by atoms with Crippen LogP contribution in [0.5, 0.6) is 0 Å². The maximum absolute atomic E-state index is 13.6. The molecule has 1 aliphatic rings. The van der Waals surface area contributed by atoms with Crippen LogP contribution < -0.4 is 10.2 Å². The molecule has 1 saturated heterocycles. The Morgan fingerprint density at radius 2 is 1.81 bits per heavy atom. The molecule has 1 aliphatic heterocycles. The summed E-state index contributed by atoms with van der Waals surface area (Å²) in [5.74, 6) is -0.302. The van der Waals surface area contributed by atoms with Crippen LogP contribution in [0.1, 0.15) is 5.56 Å². The van der Waals surface area contributed by atoms with Gasteiger partial charge in [0.05, 0.1) is 16.3 Å². The molecule has 0 saturated carbocycles. The molecule has 0 unspecified atom stereocenters. The monoisotopic (exact) mass is 402 g/mol. The molecule has 5 nitrogen and oxygen atoms in total. The first kappa shape index (κ1) is 19.2. The first-order valence-electron chi connectivity index (χ1n) is 8.04. The van der Waals surface area contributed by atoms with E-state index in [0.29, 0.717) is 26.2 Å². The number of hydrogen-bond donors (Lipinski definition) is 1. The molecule has 1 aromatic carbocycles. The van der Waals surface area contributed by atoms with E-state index in [0.717, 1.165) is 12.3 Å². The van der Waals surface area contributed by atoms with Crippen molar-refractivity contribution in [2.24, 2.45) is 0 Å². The molecule has 1 fully saturated rings. The van der Waals surface area contributed by atoms with Gasteiger partial charge in [-0.05, 0) is 18.2 Å². The van der Waals surface area contributed by atoms with Crippen molar-refractivity contribution in [2.75, 3.05) is 36.4 Å². The summed E-state index contributed by atoms with van der Waals surface area (Å²) >= 11 is 5.95. The van der Waals surface area contributed by atoms with E-state index in [2.05, 4.69) is 10.3 Å². The molecular weight excluding hydrogens is 388 g/mol. The number of amides is 2. The largest absolute Gasteiger partial charge is 0.417 e. The lowest BCUT2D eigenvalue weighted by Gasteiger charge is -2.35. The predicted molar refractivity (Wildman–Crippen MR) is 93.5 cm³/mol. The first-order valence-corrected chi connectivity index (χ1v) is 8.41. The van der Waals surface area contributed by atoms with Gasteiger partial charge in [-0.2, -0.15) is 13.2 Å². The molecular formula is C17H15ClF4N4O. The lowest BCUT2D eigenvalue weighted by molar-refractivity contribution is -0.137. The number of alkyl halides is 3. The molecule has 2 amide bonds. The molecule has 144 valence electrons. The van der Waals surface area contributed by atoms with E-state index in [1.54, 1.807) is 11.0 Å². The molecule has 10 heteroatoms. The molecule has 0 aliphatic carbocycles. The summed E-state index contributed by atoms with van der Waals surface area (Å²) in [7, 11) is 0. The number of nitrogens with zero attached hydrogens (tertiary/aromatic N) is 3. The van der Waals surface area contributed by atoms with E-state index in [1.165, 1.54) is 23.1 Å². The second-order valence-corrected chi connectivity index (χ2v) is 6.32. The third kappa shape index (κ3) is 4.41. The van der Waals surface area contributed by atoms with E-state index in [1.807, 2.05) is 0 Å². The normalized spacial score (nSPS) is 15.0. The van der Waals surface area contributed by atoms with Crippen LogP contribution in [0.2, 0.25) is 5.02 Å². The summed E-state index contributed by atoms with van der Waals surface area (Å²) in [5, 5.41) is 2.39. The fourth-order valence-electron chi connectivity index (χ4n) is 2.70. The fraction of sp³-hybridized carbons (Fsp3) is 0.294. The van der Waals surface area contributed by atoms with Crippen LogP contribution in [0.25, 0.3) is 0 Å². The zero-order chi connectivity index (χ0) is 19.6. The maximum Gasteiger partial charge on any atom is 0.417 e. The minimum atomic E-state index is -4.52. The summed E-state index contributed by atoms with van der Waals surface area (Å²) in [5.41, 5.74) is -0.837. The number of anilines is 2. The number of aromatic nitrogens is 1. The minimum absolute atomic E-state index is 0.0809. The standard InChI is InChI=1S/C17H15ClF4N4O/c18-12-9-11(17(20,21)22)10-23-15(12)25-5-7-26(8-6-25)16(27)24-14-4-2-1-3-13(14)19/h1-4,9-10H,5-8H2,(H,24,27). The number of halogens is 5. The lowest BCUT2D eigenvalue weighted by Crippen LogP contribution is -2.50. The number of piperazine rings is 1. The second-order valence-electron chi connectivity index (χ2n) is 5.91. The van der Waals surface area contributed by atoms with Crippen LogP contribution in [0, 0.1) is 5.82 Å². The first-order chi connectivity index (χ1) is 12.8. The number of urea groups is 1. The van der Waals surface area contributed by atoms with Crippen molar-refractivity contribution in [2.45, 2.75) is 6.18 Å². The van der Waals surface area contributed by atoms with E-state index in [4.69, 9.17) is 11.6 Å². The molecule has 0 radical (unpaired) electrons. The van der Waals surface area contributed by atoms with Crippen molar-refractivity contribution in [3.8, 4) is 0 Å². The lowest BCUT2D eigenvalue weighted by atomic mass is 10.2. The quantitative estimate of drug-likeness (QED) is 0.764. The smallest absolute Gasteiger partial charge is 0.352 e. The van der Waals surface area contributed by atoms with Gasteiger partial charge in [0.15, 0.2) is 0 Å². The number of carbonyl (C=O) groups is 1. The summed E-state index contributed by atoms with van der Waals surface area (Å²) < 4.78 is 51.7. The molecule has 27 heavy (non-hydrogen) atoms. The van der Waals surface area contributed by atoms with Crippen LogP contribution in [-0.2, 0) is 6.18 Å². The van der Waals surface area contributed by atoms with Gasteiger partial charge in [-0.15, -0.1) is 0 Å². The van der Waals surface area contributed by atoms with E-state index in [-0.39, 0.29) is 16.5 Å². The molecule has 3 rings (SSSR count). The Morgan fingerprint density at radius 3 is 2.41 bits per heavy atom. The van der Waals surface area contributed by atoms with Crippen LogP contribution >= 0.6 is 11.6 Å². The molecule has 1 N–H and O–H groups in total. The number of benzene rings is 1. The number of para-hydroxylation sites is 1. The number of rotatable bonds is 2. The highest BCUT2D eigenvalue weighted by Gasteiger charge is 2.32. The number of nitrogens with one attached hydrogen (secondary N) is 1. The number of hydrogen-bond acceptors (Lipinski definition) is 3.